The van der Waals surface area contributed by atoms with Crippen molar-refractivity contribution in [1.82, 2.24) is 19.4 Å². The number of aliphatic carboxylic acids is 5. The Morgan fingerprint density at radius 2 is 1.06 bits per heavy atom. The van der Waals surface area contributed by atoms with Gasteiger partial charge in [-0.25, -0.2) is 22.1 Å². The van der Waals surface area contributed by atoms with Crippen molar-refractivity contribution in [1.29, 1.82) is 0 Å². The fourth-order valence-electron chi connectivity index (χ4n) is 7.01. The maximum atomic E-state index is 11.1. The van der Waals surface area contributed by atoms with Crippen LogP contribution in [-0.2, 0) is 45.7 Å². The molecular formula is C62H121ClN7Na5O14S+2. The zero-order valence-electron chi connectivity index (χ0n) is 62.3. The van der Waals surface area contributed by atoms with E-state index >= 15 is 0 Å². The van der Waals surface area contributed by atoms with E-state index in [1.165, 1.54) is 77.4 Å². The molecule has 0 bridgehead atoms. The summed E-state index contributed by atoms with van der Waals surface area (Å²) in [5, 5.41) is 58.2. The molecular weight excluding hydrogens is 1250 g/mol. The van der Waals surface area contributed by atoms with E-state index < -0.39 is 63.4 Å². The Kier molecular flexibility index (Phi) is 88.7. The van der Waals surface area contributed by atoms with Crippen molar-refractivity contribution >= 4 is 45.6 Å². The van der Waals surface area contributed by atoms with E-state index in [-0.39, 0.29) is 172 Å². The summed E-state index contributed by atoms with van der Waals surface area (Å²) >= 11 is 0. The molecule has 90 heavy (non-hydrogen) atoms. The van der Waals surface area contributed by atoms with E-state index in [1.807, 2.05) is 44.5 Å². The molecule has 0 aromatic carbocycles. The third-order valence-corrected chi connectivity index (χ3v) is 15.0. The van der Waals surface area contributed by atoms with E-state index in [0.717, 1.165) is 62.6 Å². The van der Waals surface area contributed by atoms with Gasteiger partial charge in [-0.15, -0.1) is 6.10 Å². The summed E-state index contributed by atoms with van der Waals surface area (Å²) in [6.45, 7) is 38.1. The van der Waals surface area contributed by atoms with Crippen LogP contribution in [0.1, 0.15) is 201 Å². The number of amides is 1. The molecule has 2 N–H and O–H groups in total. The van der Waals surface area contributed by atoms with Gasteiger partial charge in [0, 0.05) is 91.0 Å². The number of halogens is 1. The van der Waals surface area contributed by atoms with Crippen LogP contribution in [0.5, 0.6) is 0 Å². The number of sulfone groups is 1. The third-order valence-electron chi connectivity index (χ3n) is 15.0. The fraction of sp³-hybridized carbons (Fsp3) is 0.806. The van der Waals surface area contributed by atoms with Crippen LogP contribution in [0, 0.1) is 41.4 Å². The van der Waals surface area contributed by atoms with Crippen LogP contribution < -0.4 is 195 Å². The summed E-state index contributed by atoms with van der Waals surface area (Å²) in [5.41, 5.74) is 0. The molecule has 2 aliphatic rings. The molecule has 1 amide bonds. The van der Waals surface area contributed by atoms with Crippen LogP contribution in [0.15, 0.2) is 37.4 Å². The van der Waals surface area contributed by atoms with Gasteiger partial charge in [0.05, 0.1) is 52.2 Å². The molecule has 2 aromatic rings. The van der Waals surface area contributed by atoms with Crippen LogP contribution in [0.2, 0.25) is 0 Å². The van der Waals surface area contributed by atoms with Crippen molar-refractivity contribution in [2.24, 2.45) is 48.5 Å². The topological polar surface area (TPSA) is 307 Å². The number of aromatic amines is 1. The van der Waals surface area contributed by atoms with Crippen molar-refractivity contribution in [3.63, 3.8) is 0 Å². The number of rotatable bonds is 19. The first-order chi connectivity index (χ1) is 38.5. The molecule has 12 unspecified atom stereocenters. The van der Waals surface area contributed by atoms with Crippen molar-refractivity contribution in [3.05, 3.63) is 37.4 Å². The molecule has 504 valence electrons. The summed E-state index contributed by atoms with van der Waals surface area (Å²) in [6, 6.07) is 2.44. The summed E-state index contributed by atoms with van der Waals surface area (Å²) in [7, 11) is 8.30. The molecule has 4 rings (SSSR count). The van der Waals surface area contributed by atoms with Gasteiger partial charge in [-0.05, 0) is 99.1 Å². The first-order valence-corrected chi connectivity index (χ1v) is 32.5. The minimum Gasteiger partial charge on any atom is -1.00 e. The van der Waals surface area contributed by atoms with Crippen LogP contribution in [0.25, 0.3) is 0 Å². The molecule has 0 saturated carbocycles. The number of likely N-dealkylation sites (tertiary alicyclic amines) is 2. The number of nitrogens with zero attached hydrogens (tertiary/aromatic N) is 6. The van der Waals surface area contributed by atoms with Crippen molar-refractivity contribution < 1.29 is 242 Å². The maximum Gasteiger partial charge on any atom is 1.00 e. The average molecular weight is 1370 g/mol. The molecule has 0 radical (unpaired) electrons. The number of nitrogens with one attached hydrogen (secondary N) is 1. The first-order valence-electron chi connectivity index (χ1n) is 30.2. The monoisotopic (exact) mass is 1370 g/mol. The number of quaternary nitrogens is 1. The predicted octanol–water partition coefficient (Wildman–Crippen LogP) is -14.1. The number of carboxylic acid groups (broad SMARTS) is 5. The van der Waals surface area contributed by atoms with Gasteiger partial charge in [-0.1, -0.05) is 103 Å². The maximum absolute atomic E-state index is 11.1. The Balaban J connectivity index is -0.0000000752. The van der Waals surface area contributed by atoms with Gasteiger partial charge in [0.2, 0.25) is 18.6 Å². The van der Waals surface area contributed by atoms with Crippen LogP contribution in [0.4, 0.5) is 0 Å². The van der Waals surface area contributed by atoms with Gasteiger partial charge >= 0.3 is 154 Å². The largest absolute Gasteiger partial charge is 1.00 e. The van der Waals surface area contributed by atoms with E-state index in [0.29, 0.717) is 30.5 Å². The number of carbonyl (C=O) groups excluding carboxylic acids is 5. The SMILES string of the molecule is CC(C(=O)[O-])C(C)C(=O)O.CC(C(=O)[O-])C(C)C(=O)[O-].CCC(C)C(=O)[O-].CCC(C)N(C)C.CCC(C)N1CCCC1=O.CCC(C)[O-].CCC(C)[n+]1cc[nH]c1.CCC(C)n1cc[n+](C)c1.CCC1C[N+](C)(C)CC1CC.CS(C)(=O)=O.[Cl-].[Na+].[Na+].[Na+].[Na+].[Na+]. The Hall–Kier alpha value is 0.360. The summed E-state index contributed by atoms with van der Waals surface area (Å²) < 4.78 is 27.0. The normalized spacial score (nSPS) is 16.9. The zero-order chi connectivity index (χ0) is 67.4. The summed E-state index contributed by atoms with van der Waals surface area (Å²) in [4.78, 5) is 68.4. The number of aryl methyl sites for hydroxylation is 1. The summed E-state index contributed by atoms with van der Waals surface area (Å²) in [5.74, 6) is -7.89. The Morgan fingerprint density at radius 3 is 1.24 bits per heavy atom. The third kappa shape index (κ3) is 67.0. The molecule has 12 atom stereocenters. The molecule has 2 fully saturated rings. The van der Waals surface area contributed by atoms with E-state index in [2.05, 4.69) is 140 Å². The van der Waals surface area contributed by atoms with Gasteiger partial charge in [0.1, 0.15) is 34.6 Å². The molecule has 28 heteroatoms. The van der Waals surface area contributed by atoms with Crippen LogP contribution in [0.3, 0.4) is 0 Å². The van der Waals surface area contributed by atoms with E-state index in [1.54, 1.807) is 13.8 Å². The van der Waals surface area contributed by atoms with Gasteiger partial charge in [0.15, 0.2) is 0 Å². The van der Waals surface area contributed by atoms with Crippen LogP contribution in [-0.4, -0.2) is 152 Å². The number of carbonyl (C=O) groups is 6. The Labute approximate surface area is 664 Å². The van der Waals surface area contributed by atoms with Gasteiger partial charge in [-0.2, -0.15) is 0 Å². The van der Waals surface area contributed by atoms with Gasteiger partial charge in [-0.3, -0.25) is 14.6 Å². The minimum atomic E-state index is -2.67. The number of aromatic nitrogens is 4. The van der Waals surface area contributed by atoms with Gasteiger partial charge < -0.3 is 76.5 Å². The predicted molar refractivity (Wildman–Crippen MR) is 324 cm³/mol. The van der Waals surface area contributed by atoms with Crippen molar-refractivity contribution in [3.8, 4) is 0 Å². The molecule has 2 aliphatic heterocycles. The number of hydrogen-bond donors (Lipinski definition) is 2. The second kappa shape index (κ2) is 67.9. The summed E-state index contributed by atoms with van der Waals surface area (Å²) in [6.07, 6.45) is 24.9. The Morgan fingerprint density at radius 1 is 0.667 bits per heavy atom. The molecule has 0 aliphatic carbocycles. The molecule has 4 heterocycles. The Bertz CT molecular complexity index is 2060. The first kappa shape index (κ1) is 118. The van der Waals surface area contributed by atoms with E-state index in [9.17, 15) is 62.7 Å². The second-order valence-electron chi connectivity index (χ2n) is 23.3. The minimum absolute atomic E-state index is 0. The number of imidazole rings is 2. The fourth-order valence-corrected chi connectivity index (χ4v) is 7.01. The molecule has 0 spiro atoms. The van der Waals surface area contributed by atoms with Gasteiger partial charge in [0.25, 0.3) is 0 Å². The standard InChI is InChI=1S/C10H22N.C8H15N2.C8H15NO.C7H12N2.C6H15N.2C6H10O4.C5H10O2.C4H9O.C2H6O2S.ClH.5Na/c1-5-9-7-11(3,4)8-10(9)6-2;1-4-8(2)10-6-5-9(3)7-10;1-3-7(2)9-6-4-5-8(9)10;1-3-7(2)9-5-4-8-6-9;1-5-6(2)7(3)4;2*1-3(5(7)8)4(2)6(9)10;1-3-4(2)5(6)7;1-3-4(2)5;1-5(2,3)4;;;;;;/h9-10H,5-8H2,1-4H3;5-8H,4H2,1-3H3;7H,3-6H2,1-2H3;4-7H,3H2,1-2H3;6H,5H2,1-4H3;2*3-4H,1-2H3,(H,7,8)(H,9,10);4H,3H2,1-2H3,(H,6,7);4H,3H2,1-2H3;1-2H3;1H;;;;;/q2*+1;;;;;;;-1;;;5*+1/p-4. The number of carboxylic acids is 5. The molecule has 2 aromatic heterocycles. The molecule has 21 nitrogen and oxygen atoms in total. The van der Waals surface area contributed by atoms with Crippen molar-refractivity contribution in [2.45, 2.75) is 219 Å². The second-order valence-corrected chi connectivity index (χ2v) is 25.6. The average Bonchev–Trinajstić information content (AvgIpc) is 4.28. The smallest absolute Gasteiger partial charge is 1.00 e. The number of hydrogen-bond acceptors (Lipinski definition) is 14. The number of H-pyrrole nitrogens is 1. The van der Waals surface area contributed by atoms with Crippen LogP contribution >= 0.6 is 0 Å². The van der Waals surface area contributed by atoms with E-state index in [4.69, 9.17) is 5.11 Å². The molecule has 2 saturated heterocycles. The van der Waals surface area contributed by atoms with Crippen molar-refractivity contribution in [2.75, 3.05) is 60.3 Å². The zero-order valence-corrected chi connectivity index (χ0v) is 73.9. The quantitative estimate of drug-likeness (QED) is 0.0750.